The lowest BCUT2D eigenvalue weighted by atomic mass is 9.80. The third kappa shape index (κ3) is 1.21. The fraction of sp³-hybridized carbons (Fsp3) is 0.174. The van der Waals surface area contributed by atoms with Crippen LogP contribution >= 0.6 is 0 Å². The van der Waals surface area contributed by atoms with E-state index in [0.29, 0.717) is 17.6 Å². The summed E-state index contributed by atoms with van der Waals surface area (Å²) >= 11 is 0. The molecule has 1 fully saturated rings. The van der Waals surface area contributed by atoms with Crippen LogP contribution in [0.5, 0.6) is 0 Å². The Morgan fingerprint density at radius 1 is 0.625 bits per heavy atom. The van der Waals surface area contributed by atoms with E-state index in [1.807, 2.05) is 30.3 Å². The molecule has 0 amide bonds. The van der Waals surface area contributed by atoms with Gasteiger partial charge in [-0.15, -0.1) is 0 Å². The smallest absolute Gasteiger partial charge is 0.171 e. The Hall–Kier alpha value is -2.67. The minimum absolute atomic E-state index is 0.229. The molecule has 1 saturated carbocycles. The Balaban J connectivity index is 1.62. The number of rotatable bonds is 2. The van der Waals surface area contributed by atoms with Crippen LogP contribution in [-0.2, 0) is 0 Å². The Bertz CT molecular complexity index is 948. The molecule has 1 heteroatoms. The highest BCUT2D eigenvalue weighted by Crippen LogP contribution is 2.86. The molecule has 0 unspecified atom stereocenters. The number of carbonyl (C=O) groups is 1. The van der Waals surface area contributed by atoms with E-state index in [9.17, 15) is 4.79 Å². The molecule has 0 saturated heterocycles. The summed E-state index contributed by atoms with van der Waals surface area (Å²) in [5.74, 6) is 1.28. The predicted molar refractivity (Wildman–Crippen MR) is 93.4 cm³/mol. The molecule has 0 heterocycles. The van der Waals surface area contributed by atoms with Gasteiger partial charge in [0.25, 0.3) is 0 Å². The fourth-order valence-corrected chi connectivity index (χ4v) is 5.69. The first-order chi connectivity index (χ1) is 11.8. The molecule has 3 aliphatic carbocycles. The van der Waals surface area contributed by atoms with Crippen molar-refractivity contribution in [1.82, 2.24) is 0 Å². The van der Waals surface area contributed by atoms with Crippen LogP contribution in [0.4, 0.5) is 0 Å². The maximum Gasteiger partial charge on any atom is 0.171 e. The molecule has 1 nitrogen and oxygen atoms in total. The molecular formula is C23H16O. The first kappa shape index (κ1) is 12.7. The number of hydrogen-bond donors (Lipinski definition) is 0. The maximum atomic E-state index is 13.6. The molecule has 3 aliphatic rings. The number of benzene rings is 3. The van der Waals surface area contributed by atoms with Crippen LogP contribution in [0.15, 0.2) is 78.9 Å². The highest BCUT2D eigenvalue weighted by Gasteiger charge is 2.80. The third-order valence-electron chi connectivity index (χ3n) is 6.44. The Morgan fingerprint density at radius 2 is 1.08 bits per heavy atom. The summed E-state index contributed by atoms with van der Waals surface area (Å²) in [7, 11) is 0. The van der Waals surface area contributed by atoms with Crippen molar-refractivity contribution in [1.29, 1.82) is 0 Å². The molecule has 3 aromatic carbocycles. The second-order valence-corrected chi connectivity index (χ2v) is 7.27. The van der Waals surface area contributed by atoms with E-state index in [1.165, 1.54) is 22.3 Å². The Labute approximate surface area is 141 Å². The largest absolute Gasteiger partial charge is 0.293 e. The van der Waals surface area contributed by atoms with E-state index in [2.05, 4.69) is 48.5 Å². The molecule has 2 atom stereocenters. The van der Waals surface area contributed by atoms with Crippen LogP contribution in [0.25, 0.3) is 0 Å². The zero-order chi connectivity index (χ0) is 15.9. The first-order valence-corrected chi connectivity index (χ1v) is 8.62. The van der Waals surface area contributed by atoms with Crippen LogP contribution in [0.1, 0.15) is 50.4 Å². The van der Waals surface area contributed by atoms with Gasteiger partial charge in [0.15, 0.2) is 5.78 Å². The summed E-state index contributed by atoms with van der Waals surface area (Å²) in [6.07, 6.45) is 0. The van der Waals surface area contributed by atoms with E-state index >= 15 is 0 Å². The van der Waals surface area contributed by atoms with Gasteiger partial charge in [0.2, 0.25) is 0 Å². The zero-order valence-electron chi connectivity index (χ0n) is 13.1. The highest BCUT2D eigenvalue weighted by molar-refractivity contribution is 6.08. The summed E-state index contributed by atoms with van der Waals surface area (Å²) < 4.78 is 0. The van der Waals surface area contributed by atoms with E-state index in [-0.39, 0.29) is 11.3 Å². The van der Waals surface area contributed by atoms with Crippen molar-refractivity contribution < 1.29 is 4.79 Å². The molecule has 0 spiro atoms. The van der Waals surface area contributed by atoms with Gasteiger partial charge >= 0.3 is 0 Å². The molecule has 114 valence electrons. The Morgan fingerprint density at radius 3 is 1.62 bits per heavy atom. The molecule has 0 aromatic heterocycles. The standard InChI is InChI=1S/C23H16O/c24-22(14-8-2-1-3-9-14)23-19-15-10-4-6-12-17(15)20(23)21(23)18-13-7-5-11-16(18)19/h1-13,19-21H/t19?,20-,21-,23?/m0/s1. The number of fused-ring (bicyclic) bond motifs is 7. The lowest BCUT2D eigenvalue weighted by Gasteiger charge is -2.20. The second kappa shape index (κ2) is 4.05. The van der Waals surface area contributed by atoms with Crippen LogP contribution < -0.4 is 0 Å². The minimum atomic E-state index is -0.269. The van der Waals surface area contributed by atoms with E-state index in [0.717, 1.165) is 5.56 Å². The van der Waals surface area contributed by atoms with Gasteiger partial charge in [-0.2, -0.15) is 0 Å². The van der Waals surface area contributed by atoms with E-state index in [1.54, 1.807) is 0 Å². The van der Waals surface area contributed by atoms with Crippen molar-refractivity contribution in [3.05, 3.63) is 107 Å². The predicted octanol–water partition coefficient (Wildman–Crippen LogP) is 4.90. The van der Waals surface area contributed by atoms with Gasteiger partial charge in [0, 0.05) is 23.3 Å². The second-order valence-electron chi connectivity index (χ2n) is 7.27. The van der Waals surface area contributed by atoms with Gasteiger partial charge in [-0.1, -0.05) is 78.9 Å². The maximum absolute atomic E-state index is 13.6. The minimum Gasteiger partial charge on any atom is -0.293 e. The van der Waals surface area contributed by atoms with Crippen molar-refractivity contribution in [3.63, 3.8) is 0 Å². The molecule has 6 rings (SSSR count). The normalized spacial score (nSPS) is 30.4. The van der Waals surface area contributed by atoms with Crippen molar-refractivity contribution in [2.45, 2.75) is 17.8 Å². The summed E-state index contributed by atoms with van der Waals surface area (Å²) in [4.78, 5) is 13.6. The summed E-state index contributed by atoms with van der Waals surface area (Å²) in [5.41, 5.74) is 6.12. The Kier molecular flexibility index (Phi) is 2.14. The summed E-state index contributed by atoms with van der Waals surface area (Å²) in [6, 6.07) is 27.2. The number of ketones is 1. The van der Waals surface area contributed by atoms with Gasteiger partial charge in [0.1, 0.15) is 0 Å². The van der Waals surface area contributed by atoms with Gasteiger partial charge in [-0.05, 0) is 22.3 Å². The van der Waals surface area contributed by atoms with Crippen molar-refractivity contribution in [2.75, 3.05) is 0 Å². The van der Waals surface area contributed by atoms with Gasteiger partial charge in [0.05, 0.1) is 5.41 Å². The average molecular weight is 308 g/mol. The van der Waals surface area contributed by atoms with Crippen molar-refractivity contribution >= 4 is 5.78 Å². The van der Waals surface area contributed by atoms with Gasteiger partial charge in [-0.3, -0.25) is 4.79 Å². The van der Waals surface area contributed by atoms with Crippen LogP contribution in [0.3, 0.4) is 0 Å². The fourth-order valence-electron chi connectivity index (χ4n) is 5.69. The number of hydrogen-bond acceptors (Lipinski definition) is 1. The molecule has 3 aromatic rings. The molecule has 24 heavy (non-hydrogen) atoms. The zero-order valence-corrected chi connectivity index (χ0v) is 13.1. The molecule has 0 bridgehead atoms. The van der Waals surface area contributed by atoms with E-state index in [4.69, 9.17) is 0 Å². The molecular weight excluding hydrogens is 292 g/mol. The highest BCUT2D eigenvalue weighted by atomic mass is 16.1. The quantitative estimate of drug-likeness (QED) is 0.616. The third-order valence-corrected chi connectivity index (χ3v) is 6.44. The van der Waals surface area contributed by atoms with Crippen LogP contribution in [0.2, 0.25) is 0 Å². The van der Waals surface area contributed by atoms with Crippen LogP contribution in [0, 0.1) is 5.41 Å². The lowest BCUT2D eigenvalue weighted by Crippen LogP contribution is -2.22. The SMILES string of the molecule is O=C(c1ccccc1)C12C3c4ccccc4[C@H]1[C@@H]2c1ccccc13. The van der Waals surface area contributed by atoms with Crippen molar-refractivity contribution in [2.24, 2.45) is 5.41 Å². The molecule has 0 radical (unpaired) electrons. The number of carbonyl (C=O) groups excluding carboxylic acids is 1. The molecule has 0 N–H and O–H groups in total. The summed E-state index contributed by atoms with van der Waals surface area (Å²) in [6.45, 7) is 0. The number of Topliss-reactive ketones (excluding diaryl/α,β-unsaturated/α-hetero) is 1. The topological polar surface area (TPSA) is 17.1 Å². The van der Waals surface area contributed by atoms with E-state index < -0.39 is 0 Å². The first-order valence-electron chi connectivity index (χ1n) is 8.62. The van der Waals surface area contributed by atoms with Gasteiger partial charge in [-0.25, -0.2) is 0 Å². The average Bonchev–Trinajstić information content (AvgIpc) is 3.16. The van der Waals surface area contributed by atoms with Gasteiger partial charge < -0.3 is 0 Å². The lowest BCUT2D eigenvalue weighted by molar-refractivity contribution is 0.0888. The van der Waals surface area contributed by atoms with Crippen molar-refractivity contribution in [3.8, 4) is 0 Å². The summed E-state index contributed by atoms with van der Waals surface area (Å²) in [5, 5.41) is 0. The molecule has 0 aliphatic heterocycles. The monoisotopic (exact) mass is 308 g/mol. The van der Waals surface area contributed by atoms with Crippen LogP contribution in [-0.4, -0.2) is 5.78 Å².